The molecule has 2 saturated heterocycles. The molecule has 6 rings (SSSR count). The predicted molar refractivity (Wildman–Crippen MR) is 134 cm³/mol. The number of imide groups is 1. The molecule has 4 atom stereocenters. The van der Waals surface area contributed by atoms with Gasteiger partial charge in [0, 0.05) is 23.3 Å². The van der Waals surface area contributed by atoms with Gasteiger partial charge in [-0.05, 0) is 36.8 Å². The van der Waals surface area contributed by atoms with Crippen molar-refractivity contribution in [2.24, 2.45) is 11.8 Å². The van der Waals surface area contributed by atoms with Crippen LogP contribution in [0.5, 0.6) is 0 Å². The van der Waals surface area contributed by atoms with E-state index in [1.54, 1.807) is 4.90 Å². The number of likely N-dealkylation sites (tertiary alicyclic amines) is 1. The van der Waals surface area contributed by atoms with Gasteiger partial charge in [-0.1, -0.05) is 81.1 Å². The van der Waals surface area contributed by atoms with E-state index in [4.69, 9.17) is 0 Å². The Kier molecular flexibility index (Phi) is 5.52. The van der Waals surface area contributed by atoms with E-state index in [0.717, 1.165) is 67.3 Å². The Balaban J connectivity index is 1.46. The van der Waals surface area contributed by atoms with Gasteiger partial charge < -0.3 is 5.32 Å². The summed E-state index contributed by atoms with van der Waals surface area (Å²) >= 11 is 0. The quantitative estimate of drug-likeness (QED) is 0.523. The fourth-order valence-corrected chi connectivity index (χ4v) is 7.13. The van der Waals surface area contributed by atoms with Crippen molar-refractivity contribution in [1.29, 1.82) is 0 Å². The maximum absolute atomic E-state index is 14.2. The highest BCUT2D eigenvalue weighted by atomic mass is 16.2. The lowest BCUT2D eigenvalue weighted by atomic mass is 9.76. The van der Waals surface area contributed by atoms with Crippen molar-refractivity contribution in [1.82, 2.24) is 10.2 Å². The maximum Gasteiger partial charge on any atom is 0.250 e. The molecule has 3 fully saturated rings. The van der Waals surface area contributed by atoms with Crippen LogP contribution in [0.2, 0.25) is 0 Å². The normalized spacial score (nSPS) is 30.5. The van der Waals surface area contributed by atoms with Gasteiger partial charge in [-0.3, -0.25) is 24.6 Å². The van der Waals surface area contributed by atoms with E-state index in [0.29, 0.717) is 6.42 Å². The Labute approximate surface area is 206 Å². The number of amides is 3. The lowest BCUT2D eigenvalue weighted by molar-refractivity contribution is -0.145. The van der Waals surface area contributed by atoms with Crippen LogP contribution in [0.1, 0.15) is 62.1 Å². The molecular weight excluding hydrogens is 438 g/mol. The number of rotatable bonds is 4. The van der Waals surface area contributed by atoms with Crippen LogP contribution in [-0.2, 0) is 32.8 Å². The number of aryl methyl sites for hydroxylation is 1. The molecule has 6 nitrogen and oxygen atoms in total. The first-order valence-electron chi connectivity index (χ1n) is 13.2. The van der Waals surface area contributed by atoms with Crippen molar-refractivity contribution in [3.05, 3.63) is 65.2 Å². The number of nitrogens with one attached hydrogen (secondary N) is 2. The zero-order valence-corrected chi connectivity index (χ0v) is 20.3. The summed E-state index contributed by atoms with van der Waals surface area (Å²) < 4.78 is 0. The molecule has 4 aliphatic rings. The molecule has 2 aromatic carbocycles. The first kappa shape index (κ1) is 22.5. The second-order valence-electron chi connectivity index (χ2n) is 10.6. The van der Waals surface area contributed by atoms with Crippen LogP contribution in [-0.4, -0.2) is 34.7 Å². The molecule has 1 spiro atoms. The highest BCUT2D eigenvalue weighted by molar-refractivity contribution is 6.15. The van der Waals surface area contributed by atoms with E-state index in [1.807, 2.05) is 48.5 Å². The molecule has 6 heteroatoms. The van der Waals surface area contributed by atoms with E-state index in [2.05, 4.69) is 17.6 Å². The second-order valence-corrected chi connectivity index (χ2v) is 10.6. The third kappa shape index (κ3) is 3.29. The highest BCUT2D eigenvalue weighted by Crippen LogP contribution is 2.54. The molecule has 35 heavy (non-hydrogen) atoms. The number of para-hydroxylation sites is 1. The summed E-state index contributed by atoms with van der Waals surface area (Å²) in [7, 11) is 0. The van der Waals surface area contributed by atoms with Gasteiger partial charge in [-0.25, -0.2) is 0 Å². The highest BCUT2D eigenvalue weighted by Gasteiger charge is 2.70. The molecule has 3 heterocycles. The number of fused-ring (bicyclic) bond motifs is 4. The van der Waals surface area contributed by atoms with Crippen LogP contribution in [0.15, 0.2) is 48.5 Å². The Bertz CT molecular complexity index is 1170. The molecule has 3 amide bonds. The standard InChI is InChI=1S/C29H33N3O3/c1-2-19-13-10-16-21-25(19)30-28(35)29(21)24-23(22(31-29)17-18-11-6-5-7-12-18)26(33)32(27(24)34)20-14-8-3-4-9-15-20/h5-7,10-13,16,20,22-24,31H,2-4,8-9,14-15,17H2,1H3,(H,30,35)/t22-,23+,24-,29-/m0/s1. The number of hydrogen-bond acceptors (Lipinski definition) is 4. The summed E-state index contributed by atoms with van der Waals surface area (Å²) in [5.41, 5.74) is 2.55. The summed E-state index contributed by atoms with van der Waals surface area (Å²) in [5.74, 6) is -1.74. The van der Waals surface area contributed by atoms with Crippen molar-refractivity contribution < 1.29 is 14.4 Å². The molecule has 2 N–H and O–H groups in total. The van der Waals surface area contributed by atoms with E-state index >= 15 is 0 Å². The summed E-state index contributed by atoms with van der Waals surface area (Å²) in [5, 5.41) is 6.69. The number of anilines is 1. The molecule has 3 aliphatic heterocycles. The Morgan fingerprint density at radius 2 is 1.66 bits per heavy atom. The van der Waals surface area contributed by atoms with Crippen LogP contribution in [0.3, 0.4) is 0 Å². The first-order chi connectivity index (χ1) is 17.1. The van der Waals surface area contributed by atoms with Gasteiger partial charge in [0.2, 0.25) is 17.7 Å². The molecule has 0 aromatic heterocycles. The van der Waals surface area contributed by atoms with Gasteiger partial charge in [-0.2, -0.15) is 0 Å². The van der Waals surface area contributed by atoms with Gasteiger partial charge in [0.25, 0.3) is 0 Å². The van der Waals surface area contributed by atoms with Gasteiger partial charge in [-0.15, -0.1) is 0 Å². The summed E-state index contributed by atoms with van der Waals surface area (Å²) in [6.07, 6.45) is 7.48. The van der Waals surface area contributed by atoms with Gasteiger partial charge in [0.15, 0.2) is 0 Å². The van der Waals surface area contributed by atoms with Crippen LogP contribution >= 0.6 is 0 Å². The number of benzene rings is 2. The third-order valence-electron chi connectivity index (χ3n) is 8.74. The zero-order chi connectivity index (χ0) is 24.2. The number of carbonyl (C=O) groups excluding carboxylic acids is 3. The largest absolute Gasteiger partial charge is 0.324 e. The van der Waals surface area contributed by atoms with Gasteiger partial charge in [0.1, 0.15) is 5.54 Å². The second kappa shape index (κ2) is 8.59. The summed E-state index contributed by atoms with van der Waals surface area (Å²) in [4.78, 5) is 43.6. The molecule has 2 aromatic rings. The molecule has 0 unspecified atom stereocenters. The van der Waals surface area contributed by atoms with Crippen LogP contribution in [0.4, 0.5) is 5.69 Å². The average molecular weight is 472 g/mol. The summed E-state index contributed by atoms with van der Waals surface area (Å²) in [6.45, 7) is 2.06. The Morgan fingerprint density at radius 1 is 0.914 bits per heavy atom. The Morgan fingerprint density at radius 3 is 2.37 bits per heavy atom. The molecule has 1 aliphatic carbocycles. The Hall–Kier alpha value is -2.99. The van der Waals surface area contributed by atoms with Crippen molar-refractivity contribution >= 4 is 23.4 Å². The lowest BCUT2D eigenvalue weighted by Gasteiger charge is -2.32. The SMILES string of the molecule is CCc1cccc2c1NC(=O)[C@]21N[C@@H](Cc2ccccc2)[C@H]2C(=O)N(C3CCCCCC3)C(=O)[C@H]21. The van der Waals surface area contributed by atoms with Crippen LogP contribution < -0.4 is 10.6 Å². The zero-order valence-electron chi connectivity index (χ0n) is 20.3. The predicted octanol–water partition coefficient (Wildman–Crippen LogP) is 3.93. The number of hydrogen-bond donors (Lipinski definition) is 2. The monoisotopic (exact) mass is 471 g/mol. The smallest absolute Gasteiger partial charge is 0.250 e. The topological polar surface area (TPSA) is 78.5 Å². The minimum Gasteiger partial charge on any atom is -0.324 e. The van der Waals surface area contributed by atoms with Crippen LogP contribution in [0, 0.1) is 11.8 Å². The molecule has 182 valence electrons. The minimum atomic E-state index is -1.21. The molecule has 1 saturated carbocycles. The van der Waals surface area contributed by atoms with Crippen molar-refractivity contribution in [2.45, 2.75) is 75.9 Å². The van der Waals surface area contributed by atoms with Gasteiger partial charge in [0.05, 0.1) is 11.8 Å². The number of nitrogens with zero attached hydrogens (tertiary/aromatic N) is 1. The maximum atomic E-state index is 14.2. The fourth-order valence-electron chi connectivity index (χ4n) is 7.13. The van der Waals surface area contributed by atoms with Crippen molar-refractivity contribution in [2.75, 3.05) is 5.32 Å². The van der Waals surface area contributed by atoms with Crippen LogP contribution in [0.25, 0.3) is 0 Å². The van der Waals surface area contributed by atoms with E-state index in [-0.39, 0.29) is 29.8 Å². The first-order valence-corrected chi connectivity index (χ1v) is 13.2. The average Bonchev–Trinajstić information content (AvgIpc) is 3.33. The molecule has 0 bridgehead atoms. The minimum absolute atomic E-state index is 0.0524. The fraction of sp³-hybridized carbons (Fsp3) is 0.483. The molecule has 0 radical (unpaired) electrons. The van der Waals surface area contributed by atoms with Crippen molar-refractivity contribution in [3.8, 4) is 0 Å². The third-order valence-corrected chi connectivity index (χ3v) is 8.74. The molecular formula is C29H33N3O3. The van der Waals surface area contributed by atoms with E-state index in [9.17, 15) is 14.4 Å². The lowest BCUT2D eigenvalue weighted by Crippen LogP contribution is -2.54. The number of carbonyl (C=O) groups is 3. The van der Waals surface area contributed by atoms with E-state index < -0.39 is 17.4 Å². The van der Waals surface area contributed by atoms with Crippen molar-refractivity contribution in [3.63, 3.8) is 0 Å². The summed E-state index contributed by atoms with van der Waals surface area (Å²) in [6, 6.07) is 15.6. The van der Waals surface area contributed by atoms with E-state index in [1.165, 1.54) is 0 Å². The van der Waals surface area contributed by atoms with Gasteiger partial charge >= 0.3 is 0 Å².